The number of fused-ring (bicyclic) bond motifs is 1. The Morgan fingerprint density at radius 2 is 2.15 bits per heavy atom. The van der Waals surface area contributed by atoms with Gasteiger partial charge in [-0.1, -0.05) is 30.0 Å². The number of thiocarbonyl (C=S) groups is 1. The number of benzene rings is 1. The van der Waals surface area contributed by atoms with E-state index in [1.807, 2.05) is 6.07 Å². The topological polar surface area (TPSA) is 55.8 Å². The van der Waals surface area contributed by atoms with Crippen LogP contribution in [0.5, 0.6) is 11.5 Å². The van der Waals surface area contributed by atoms with Gasteiger partial charge in [0.15, 0.2) is 15.8 Å². The normalized spacial score (nSPS) is 19.1. The van der Waals surface area contributed by atoms with E-state index in [2.05, 4.69) is 0 Å². The number of ether oxygens (including phenoxy) is 2. The number of imide groups is 1. The number of thioether (sulfide) groups is 1. The van der Waals surface area contributed by atoms with E-state index in [4.69, 9.17) is 21.7 Å². The summed E-state index contributed by atoms with van der Waals surface area (Å²) in [4.78, 5) is 24.8. The maximum absolute atomic E-state index is 12.1. The summed E-state index contributed by atoms with van der Waals surface area (Å²) in [5.41, 5.74) is 0.790. The molecule has 2 aliphatic rings. The van der Waals surface area contributed by atoms with E-state index in [0.29, 0.717) is 16.4 Å². The largest absolute Gasteiger partial charge is 0.454 e. The molecule has 1 saturated heterocycles. The molecule has 2 heterocycles. The minimum atomic E-state index is -0.384. The van der Waals surface area contributed by atoms with Crippen molar-refractivity contribution in [2.45, 2.75) is 6.92 Å². The van der Waals surface area contributed by atoms with Crippen LogP contribution in [0.15, 0.2) is 23.1 Å². The summed E-state index contributed by atoms with van der Waals surface area (Å²) < 4.78 is 10.8. The van der Waals surface area contributed by atoms with E-state index in [9.17, 15) is 9.59 Å². The number of nitrogens with zero attached hydrogens (tertiary/aromatic N) is 1. The van der Waals surface area contributed by atoms with E-state index >= 15 is 0 Å². The lowest BCUT2D eigenvalue weighted by atomic mass is 10.2. The lowest BCUT2D eigenvalue weighted by Gasteiger charge is -2.07. The van der Waals surface area contributed by atoms with Gasteiger partial charge in [0.1, 0.15) is 0 Å². The number of carbonyl (C=O) groups excluding carboxylic acids is 2. The summed E-state index contributed by atoms with van der Waals surface area (Å²) in [5.74, 6) is 0.561. The van der Waals surface area contributed by atoms with Crippen molar-refractivity contribution in [3.63, 3.8) is 0 Å². The van der Waals surface area contributed by atoms with E-state index in [-0.39, 0.29) is 22.9 Å². The van der Waals surface area contributed by atoms with Gasteiger partial charge in [0.2, 0.25) is 12.7 Å². The first kappa shape index (κ1) is 13.1. The van der Waals surface area contributed by atoms with Gasteiger partial charge in [0, 0.05) is 6.92 Å². The van der Waals surface area contributed by atoms with Gasteiger partial charge in [-0.25, -0.2) is 4.90 Å². The molecule has 0 N–H and O–H groups in total. The number of hydrogen-bond donors (Lipinski definition) is 0. The summed E-state index contributed by atoms with van der Waals surface area (Å²) in [7, 11) is 0. The molecule has 0 spiro atoms. The van der Waals surface area contributed by atoms with Crippen molar-refractivity contribution in [1.82, 2.24) is 4.90 Å². The Labute approximate surface area is 124 Å². The maximum Gasteiger partial charge on any atom is 0.273 e. The Morgan fingerprint density at radius 1 is 1.40 bits per heavy atom. The average Bonchev–Trinajstić information content (AvgIpc) is 2.94. The zero-order valence-electron chi connectivity index (χ0n) is 10.4. The molecule has 0 atom stereocenters. The van der Waals surface area contributed by atoms with Gasteiger partial charge < -0.3 is 9.47 Å². The molecule has 102 valence electrons. The van der Waals surface area contributed by atoms with Crippen molar-refractivity contribution in [3.05, 3.63) is 28.7 Å². The van der Waals surface area contributed by atoms with Crippen LogP contribution in [0.3, 0.4) is 0 Å². The quantitative estimate of drug-likeness (QED) is 0.585. The first-order valence-corrected chi connectivity index (χ1v) is 6.97. The first-order valence-electron chi connectivity index (χ1n) is 5.74. The average molecular weight is 307 g/mol. The van der Waals surface area contributed by atoms with Crippen LogP contribution in [0, 0.1) is 0 Å². The highest BCUT2D eigenvalue weighted by Gasteiger charge is 2.34. The number of hydrogen-bond acceptors (Lipinski definition) is 6. The van der Waals surface area contributed by atoms with Crippen LogP contribution in [-0.4, -0.2) is 27.8 Å². The Morgan fingerprint density at radius 3 is 2.85 bits per heavy atom. The summed E-state index contributed by atoms with van der Waals surface area (Å²) in [6.45, 7) is 1.51. The van der Waals surface area contributed by atoms with Gasteiger partial charge in [0.05, 0.1) is 4.91 Å². The predicted molar refractivity (Wildman–Crippen MR) is 78.3 cm³/mol. The van der Waals surface area contributed by atoms with Crippen molar-refractivity contribution >= 4 is 46.2 Å². The minimum Gasteiger partial charge on any atom is -0.454 e. The number of amides is 2. The van der Waals surface area contributed by atoms with Gasteiger partial charge >= 0.3 is 0 Å². The molecule has 1 aromatic rings. The predicted octanol–water partition coefficient (Wildman–Crippen LogP) is 2.16. The number of carbonyl (C=O) groups is 2. The molecule has 0 saturated carbocycles. The molecular formula is C13H9NO4S2. The first-order chi connectivity index (χ1) is 9.56. The highest BCUT2D eigenvalue weighted by Crippen LogP contribution is 2.36. The maximum atomic E-state index is 12.1. The van der Waals surface area contributed by atoms with Crippen LogP contribution in [0.25, 0.3) is 6.08 Å². The second-order valence-corrected chi connectivity index (χ2v) is 5.82. The molecule has 0 aliphatic carbocycles. The smallest absolute Gasteiger partial charge is 0.273 e. The van der Waals surface area contributed by atoms with Crippen molar-refractivity contribution in [1.29, 1.82) is 0 Å². The third-order valence-electron chi connectivity index (χ3n) is 2.80. The van der Waals surface area contributed by atoms with Gasteiger partial charge in [-0.05, 0) is 23.8 Å². The Kier molecular flexibility index (Phi) is 3.23. The van der Waals surface area contributed by atoms with Crippen LogP contribution in [0.4, 0.5) is 0 Å². The fraction of sp³-hybridized carbons (Fsp3) is 0.154. The zero-order valence-corrected chi connectivity index (χ0v) is 12.0. The molecule has 0 bridgehead atoms. The zero-order chi connectivity index (χ0) is 14.3. The highest BCUT2D eigenvalue weighted by atomic mass is 32.2. The summed E-state index contributed by atoms with van der Waals surface area (Å²) >= 11 is 6.14. The molecule has 7 heteroatoms. The molecule has 2 amide bonds. The van der Waals surface area contributed by atoms with Gasteiger partial charge in [-0.3, -0.25) is 9.59 Å². The fourth-order valence-electron chi connectivity index (χ4n) is 1.89. The SMILES string of the molecule is CC(=O)N1C(=O)/C(=C\c2ccc3c(c2)OCO3)SC1=S. The Balaban J connectivity index is 1.92. The van der Waals surface area contributed by atoms with E-state index in [1.54, 1.807) is 18.2 Å². The van der Waals surface area contributed by atoms with Crippen molar-refractivity contribution < 1.29 is 19.1 Å². The summed E-state index contributed by atoms with van der Waals surface area (Å²) in [6.07, 6.45) is 1.68. The molecule has 2 aliphatic heterocycles. The second kappa shape index (κ2) is 4.92. The van der Waals surface area contributed by atoms with Crippen LogP contribution in [0.2, 0.25) is 0 Å². The highest BCUT2D eigenvalue weighted by molar-refractivity contribution is 8.26. The van der Waals surface area contributed by atoms with Gasteiger partial charge in [-0.15, -0.1) is 0 Å². The third kappa shape index (κ3) is 2.19. The summed E-state index contributed by atoms with van der Waals surface area (Å²) in [5, 5.41) is 0. The van der Waals surface area contributed by atoms with Crippen LogP contribution in [-0.2, 0) is 9.59 Å². The van der Waals surface area contributed by atoms with Crippen LogP contribution < -0.4 is 9.47 Å². The molecule has 3 rings (SSSR count). The number of rotatable bonds is 1. The van der Waals surface area contributed by atoms with E-state index < -0.39 is 0 Å². The molecule has 20 heavy (non-hydrogen) atoms. The Bertz CT molecular complexity index is 668. The second-order valence-electron chi connectivity index (χ2n) is 4.15. The molecular weight excluding hydrogens is 298 g/mol. The molecule has 1 aromatic carbocycles. The minimum absolute atomic E-state index is 0.200. The lowest BCUT2D eigenvalue weighted by Crippen LogP contribution is -2.32. The molecule has 5 nitrogen and oxygen atoms in total. The monoisotopic (exact) mass is 307 g/mol. The van der Waals surface area contributed by atoms with Gasteiger partial charge in [0.25, 0.3) is 5.91 Å². The lowest BCUT2D eigenvalue weighted by molar-refractivity contribution is -0.135. The molecule has 0 radical (unpaired) electrons. The van der Waals surface area contributed by atoms with Crippen molar-refractivity contribution in [3.8, 4) is 11.5 Å². The van der Waals surface area contributed by atoms with Crippen molar-refractivity contribution in [2.24, 2.45) is 0 Å². The van der Waals surface area contributed by atoms with E-state index in [1.165, 1.54) is 6.92 Å². The molecule has 1 fully saturated rings. The fourth-order valence-corrected chi connectivity index (χ4v) is 3.24. The van der Waals surface area contributed by atoms with Gasteiger partial charge in [-0.2, -0.15) is 0 Å². The van der Waals surface area contributed by atoms with Crippen molar-refractivity contribution in [2.75, 3.05) is 6.79 Å². The third-order valence-corrected chi connectivity index (χ3v) is 4.11. The standard InChI is InChI=1S/C13H9NO4S2/c1-7(15)14-12(16)11(20-13(14)19)5-8-2-3-9-10(4-8)18-6-17-9/h2-5H,6H2,1H3/b11-5+. The summed E-state index contributed by atoms with van der Waals surface area (Å²) in [6, 6.07) is 5.37. The molecule has 0 unspecified atom stereocenters. The van der Waals surface area contributed by atoms with E-state index in [0.717, 1.165) is 22.2 Å². The van der Waals surface area contributed by atoms with Crippen LogP contribution in [0.1, 0.15) is 12.5 Å². The Hall–Kier alpha value is -1.86. The van der Waals surface area contributed by atoms with Crippen LogP contribution >= 0.6 is 24.0 Å². The molecule has 0 aromatic heterocycles.